The number of benzene rings is 3. The molecule has 0 saturated heterocycles. The molecule has 3 N–H and O–H groups in total. The van der Waals surface area contributed by atoms with Gasteiger partial charge in [-0.25, -0.2) is 8.42 Å². The summed E-state index contributed by atoms with van der Waals surface area (Å²) in [6.07, 6.45) is -1.55. The first-order valence-corrected chi connectivity index (χ1v) is 13.6. The minimum Gasteiger partial charge on any atom is -0.454 e. The molecule has 3 aromatic carbocycles. The standard InChI is InChI=1S/C25H25Cl2N3O6S/c1-30(18-8-10-22-23(13-18)36-15-35-22)24(31)21(12-16-5-3-2-4-6-16)28-25(32)29-37(33,34)14-17-7-9-19(26)20(27)11-17/h2-11,13,21,25,28-29,32H,12,14-15H2,1H3. The van der Waals surface area contributed by atoms with Crippen LogP contribution >= 0.6 is 23.2 Å². The number of carbonyl (C=O) groups is 1. The molecule has 0 fully saturated rings. The number of sulfonamides is 1. The predicted molar refractivity (Wildman–Crippen MR) is 141 cm³/mol. The number of aliphatic hydroxyl groups is 1. The molecule has 4 rings (SSSR count). The van der Waals surface area contributed by atoms with Crippen molar-refractivity contribution in [2.75, 3.05) is 18.7 Å². The van der Waals surface area contributed by atoms with Gasteiger partial charge in [0.1, 0.15) is 0 Å². The van der Waals surface area contributed by atoms with E-state index in [1.54, 1.807) is 25.2 Å². The quantitative estimate of drug-likeness (QED) is 0.323. The number of hydrogen-bond donors (Lipinski definition) is 3. The molecule has 1 aliphatic rings. The van der Waals surface area contributed by atoms with Crippen LogP contribution in [0.25, 0.3) is 0 Å². The zero-order valence-electron chi connectivity index (χ0n) is 19.7. The Morgan fingerprint density at radius 2 is 1.73 bits per heavy atom. The Bertz CT molecular complexity index is 1370. The Hall–Kier alpha value is -2.86. The zero-order valence-corrected chi connectivity index (χ0v) is 22.1. The lowest BCUT2D eigenvalue weighted by atomic mass is 10.0. The molecule has 2 unspecified atom stereocenters. The summed E-state index contributed by atoms with van der Waals surface area (Å²) < 4.78 is 38.2. The highest BCUT2D eigenvalue weighted by atomic mass is 35.5. The Morgan fingerprint density at radius 3 is 2.46 bits per heavy atom. The Morgan fingerprint density at radius 1 is 1.00 bits per heavy atom. The summed E-state index contributed by atoms with van der Waals surface area (Å²) in [7, 11) is -2.42. The van der Waals surface area contributed by atoms with E-state index in [9.17, 15) is 18.3 Å². The van der Waals surface area contributed by atoms with Gasteiger partial charge in [-0.15, -0.1) is 0 Å². The van der Waals surface area contributed by atoms with E-state index in [1.807, 2.05) is 30.3 Å². The second-order valence-corrected chi connectivity index (χ2v) is 10.9. The second-order valence-electron chi connectivity index (χ2n) is 8.37. The number of carbonyl (C=O) groups excluding carboxylic acids is 1. The van der Waals surface area contributed by atoms with Crippen molar-refractivity contribution >= 4 is 44.8 Å². The van der Waals surface area contributed by atoms with Gasteiger partial charge in [0.15, 0.2) is 17.9 Å². The molecule has 196 valence electrons. The van der Waals surface area contributed by atoms with Crippen LogP contribution in [-0.2, 0) is 27.0 Å². The maximum absolute atomic E-state index is 13.5. The molecule has 0 bridgehead atoms. The summed E-state index contributed by atoms with van der Waals surface area (Å²) in [5, 5.41) is 13.8. The molecule has 0 aliphatic carbocycles. The minimum absolute atomic E-state index is 0.100. The number of nitrogens with one attached hydrogen (secondary N) is 2. The second kappa shape index (κ2) is 11.7. The molecule has 0 spiro atoms. The van der Waals surface area contributed by atoms with E-state index in [-0.39, 0.29) is 18.2 Å². The number of nitrogens with zero attached hydrogens (tertiary/aromatic N) is 1. The topological polar surface area (TPSA) is 117 Å². The molecule has 0 radical (unpaired) electrons. The van der Waals surface area contributed by atoms with E-state index in [0.717, 1.165) is 5.56 Å². The molecule has 3 aromatic rings. The number of anilines is 1. The molecule has 1 aliphatic heterocycles. The molecular weight excluding hydrogens is 541 g/mol. The van der Waals surface area contributed by atoms with Crippen LogP contribution in [0.4, 0.5) is 5.69 Å². The Balaban J connectivity index is 1.49. The summed E-state index contributed by atoms with van der Waals surface area (Å²) in [4.78, 5) is 14.9. The highest BCUT2D eigenvalue weighted by Crippen LogP contribution is 2.35. The fourth-order valence-electron chi connectivity index (χ4n) is 3.81. The normalized spacial score (nSPS) is 14.3. The van der Waals surface area contributed by atoms with Gasteiger partial charge in [-0.05, 0) is 41.8 Å². The van der Waals surface area contributed by atoms with E-state index in [1.165, 1.54) is 23.1 Å². The van der Waals surface area contributed by atoms with Gasteiger partial charge in [0.05, 0.1) is 21.8 Å². The smallest absolute Gasteiger partial charge is 0.244 e. The number of ether oxygens (including phenoxy) is 2. The van der Waals surface area contributed by atoms with E-state index >= 15 is 0 Å². The van der Waals surface area contributed by atoms with E-state index < -0.39 is 34.1 Å². The van der Waals surface area contributed by atoms with Crippen LogP contribution in [0.2, 0.25) is 10.0 Å². The average Bonchev–Trinajstić information content (AvgIpc) is 3.33. The molecule has 0 saturated carbocycles. The van der Waals surface area contributed by atoms with Gasteiger partial charge in [-0.3, -0.25) is 10.1 Å². The van der Waals surface area contributed by atoms with Crippen molar-refractivity contribution in [2.24, 2.45) is 0 Å². The summed E-state index contributed by atoms with van der Waals surface area (Å²) in [6, 6.07) is 17.7. The highest BCUT2D eigenvalue weighted by Gasteiger charge is 2.28. The monoisotopic (exact) mass is 565 g/mol. The number of amides is 1. The van der Waals surface area contributed by atoms with Gasteiger partial charge >= 0.3 is 0 Å². The van der Waals surface area contributed by atoms with Crippen LogP contribution in [0, 0.1) is 0 Å². The summed E-state index contributed by atoms with van der Waals surface area (Å²) in [5.41, 5.74) is 1.75. The van der Waals surface area contributed by atoms with E-state index in [2.05, 4.69) is 10.0 Å². The minimum atomic E-state index is -4.01. The van der Waals surface area contributed by atoms with Gasteiger partial charge in [0.2, 0.25) is 22.7 Å². The van der Waals surface area contributed by atoms with Crippen molar-refractivity contribution in [1.29, 1.82) is 0 Å². The predicted octanol–water partition coefficient (Wildman–Crippen LogP) is 3.28. The first kappa shape index (κ1) is 27.2. The molecular formula is C25H25Cl2N3O6S. The summed E-state index contributed by atoms with van der Waals surface area (Å²) in [6.45, 7) is 0.100. The van der Waals surface area contributed by atoms with Crippen LogP contribution in [0.1, 0.15) is 11.1 Å². The number of halogens is 2. The summed E-state index contributed by atoms with van der Waals surface area (Å²) >= 11 is 11.9. The summed E-state index contributed by atoms with van der Waals surface area (Å²) in [5.74, 6) is 0.248. The lowest BCUT2D eigenvalue weighted by molar-refractivity contribution is -0.121. The van der Waals surface area contributed by atoms with Crippen LogP contribution in [0.3, 0.4) is 0 Å². The van der Waals surface area contributed by atoms with Gasteiger partial charge < -0.3 is 19.5 Å². The van der Waals surface area contributed by atoms with Gasteiger partial charge in [-0.2, -0.15) is 4.72 Å². The largest absolute Gasteiger partial charge is 0.454 e. The maximum Gasteiger partial charge on any atom is 0.244 e. The first-order valence-electron chi connectivity index (χ1n) is 11.2. The first-order chi connectivity index (χ1) is 17.6. The van der Waals surface area contributed by atoms with Crippen LogP contribution in [-0.4, -0.2) is 45.7 Å². The van der Waals surface area contributed by atoms with Crippen molar-refractivity contribution in [3.63, 3.8) is 0 Å². The maximum atomic E-state index is 13.5. The number of aliphatic hydroxyl groups excluding tert-OH is 1. The van der Waals surface area contributed by atoms with Gasteiger partial charge in [0, 0.05) is 18.8 Å². The van der Waals surface area contributed by atoms with E-state index in [4.69, 9.17) is 32.7 Å². The van der Waals surface area contributed by atoms with Crippen molar-refractivity contribution in [1.82, 2.24) is 10.0 Å². The number of hydrogen-bond acceptors (Lipinski definition) is 7. The van der Waals surface area contributed by atoms with Crippen molar-refractivity contribution < 1.29 is 27.8 Å². The van der Waals surface area contributed by atoms with Crippen LogP contribution in [0.5, 0.6) is 11.5 Å². The van der Waals surface area contributed by atoms with E-state index in [0.29, 0.717) is 27.8 Å². The zero-order chi connectivity index (χ0) is 26.6. The molecule has 1 amide bonds. The Kier molecular flexibility index (Phi) is 8.58. The third-order valence-electron chi connectivity index (χ3n) is 5.65. The molecule has 37 heavy (non-hydrogen) atoms. The lowest BCUT2D eigenvalue weighted by Crippen LogP contribution is -2.55. The lowest BCUT2D eigenvalue weighted by Gasteiger charge is -2.27. The average molecular weight is 566 g/mol. The van der Waals surface area contributed by atoms with Crippen molar-refractivity contribution in [3.05, 3.63) is 87.9 Å². The molecule has 1 heterocycles. The Labute approximate surface area is 225 Å². The molecule has 0 aromatic heterocycles. The third kappa shape index (κ3) is 7.13. The fraction of sp³-hybridized carbons (Fsp3) is 0.240. The fourth-order valence-corrected chi connectivity index (χ4v) is 5.24. The molecule has 9 nitrogen and oxygen atoms in total. The number of likely N-dealkylation sites (N-methyl/N-ethyl adjacent to an activating group) is 1. The molecule has 12 heteroatoms. The van der Waals surface area contributed by atoms with Crippen molar-refractivity contribution in [3.8, 4) is 11.5 Å². The van der Waals surface area contributed by atoms with Crippen LogP contribution < -0.4 is 24.4 Å². The van der Waals surface area contributed by atoms with Gasteiger partial charge in [-0.1, -0.05) is 59.6 Å². The third-order valence-corrected chi connectivity index (χ3v) is 7.68. The SMILES string of the molecule is CN(C(=O)C(Cc1ccccc1)NC(O)NS(=O)(=O)Cc1ccc(Cl)c(Cl)c1)c1ccc2c(c1)OCO2. The number of fused-ring (bicyclic) bond motifs is 1. The van der Waals surface area contributed by atoms with Crippen molar-refractivity contribution in [2.45, 2.75) is 24.6 Å². The molecule has 2 atom stereocenters. The van der Waals surface area contributed by atoms with Crippen LogP contribution in [0.15, 0.2) is 66.7 Å². The van der Waals surface area contributed by atoms with Gasteiger partial charge in [0.25, 0.3) is 0 Å². The highest BCUT2D eigenvalue weighted by molar-refractivity contribution is 7.88. The number of rotatable bonds is 10.